The Morgan fingerprint density at radius 3 is 2.62 bits per heavy atom. The molecule has 0 spiro atoms. The molecule has 4 aromatic heterocycles. The molecule has 0 bridgehead atoms. The van der Waals surface area contributed by atoms with Crippen LogP contribution < -0.4 is 14.8 Å². The number of thiophene rings is 1. The number of methoxy groups -OCH3 is 2. The first kappa shape index (κ1) is 22.1. The Hall–Kier alpha value is -3.76. The van der Waals surface area contributed by atoms with E-state index in [0.717, 1.165) is 32.7 Å². The van der Waals surface area contributed by atoms with Gasteiger partial charge in [0.05, 0.1) is 36.7 Å². The second kappa shape index (κ2) is 8.88. The first-order chi connectivity index (χ1) is 16.5. The Bertz CT molecular complexity index is 1510. The molecule has 0 saturated carbocycles. The summed E-state index contributed by atoms with van der Waals surface area (Å²) in [7, 11) is 3.18. The van der Waals surface area contributed by atoms with Gasteiger partial charge in [0.25, 0.3) is 5.91 Å². The highest BCUT2D eigenvalue weighted by atomic mass is 32.1. The van der Waals surface area contributed by atoms with Crippen molar-refractivity contribution in [2.45, 2.75) is 13.8 Å². The monoisotopic (exact) mass is 492 g/mol. The number of anilines is 1. The lowest BCUT2D eigenvalue weighted by atomic mass is 10.1. The summed E-state index contributed by atoms with van der Waals surface area (Å²) in [4.78, 5) is 28.2. The van der Waals surface area contributed by atoms with Gasteiger partial charge in [0.15, 0.2) is 28.2 Å². The van der Waals surface area contributed by atoms with E-state index in [-0.39, 0.29) is 5.91 Å². The molecule has 1 aromatic carbocycles. The maximum Gasteiger partial charge on any atom is 0.267 e. The number of aryl methyl sites for hydroxylation is 2. The standard InChI is InChI=1S/C24H20N4O4S2/c1-12-19-13(2)25-21(17-6-5-9-32-17)27-23(19)34-20(12)22(29)28-24-26-15(11-33-24)14-7-8-16(30-3)18(10-14)31-4/h5-11H,1-4H3,(H,26,28,29). The smallest absolute Gasteiger partial charge is 0.267 e. The van der Waals surface area contributed by atoms with Crippen LogP contribution in [-0.2, 0) is 0 Å². The van der Waals surface area contributed by atoms with Crippen molar-refractivity contribution in [2.24, 2.45) is 0 Å². The summed E-state index contributed by atoms with van der Waals surface area (Å²) in [6.45, 7) is 3.82. The van der Waals surface area contributed by atoms with Crippen LogP contribution >= 0.6 is 22.7 Å². The zero-order chi connectivity index (χ0) is 23.8. The van der Waals surface area contributed by atoms with Crippen LogP contribution in [0.25, 0.3) is 33.1 Å². The first-order valence-corrected chi connectivity index (χ1v) is 12.0. The van der Waals surface area contributed by atoms with Gasteiger partial charge in [-0.05, 0) is 49.7 Å². The molecule has 0 fully saturated rings. The van der Waals surface area contributed by atoms with E-state index in [0.29, 0.717) is 33.1 Å². The fourth-order valence-corrected chi connectivity index (χ4v) is 5.53. The summed E-state index contributed by atoms with van der Waals surface area (Å²) >= 11 is 2.69. The third kappa shape index (κ3) is 3.91. The minimum absolute atomic E-state index is 0.229. The van der Waals surface area contributed by atoms with Gasteiger partial charge in [-0.1, -0.05) is 0 Å². The molecule has 1 amide bonds. The van der Waals surface area contributed by atoms with Crippen LogP contribution in [0.5, 0.6) is 11.5 Å². The van der Waals surface area contributed by atoms with Gasteiger partial charge in [0, 0.05) is 16.3 Å². The average molecular weight is 493 g/mol. The number of hydrogen-bond donors (Lipinski definition) is 1. The predicted octanol–water partition coefficient (Wildman–Crippen LogP) is 5.96. The number of carbonyl (C=O) groups is 1. The van der Waals surface area contributed by atoms with Crippen molar-refractivity contribution >= 4 is 43.9 Å². The van der Waals surface area contributed by atoms with Crippen LogP contribution in [0.15, 0.2) is 46.4 Å². The summed E-state index contributed by atoms with van der Waals surface area (Å²) in [6.07, 6.45) is 1.58. The van der Waals surface area contributed by atoms with Gasteiger partial charge in [-0.25, -0.2) is 15.0 Å². The lowest BCUT2D eigenvalue weighted by molar-refractivity contribution is 0.103. The van der Waals surface area contributed by atoms with Gasteiger partial charge in [0.2, 0.25) is 0 Å². The lowest BCUT2D eigenvalue weighted by Crippen LogP contribution is -2.11. The fourth-order valence-electron chi connectivity index (χ4n) is 3.68. The van der Waals surface area contributed by atoms with Gasteiger partial charge in [-0.15, -0.1) is 22.7 Å². The second-order valence-corrected chi connectivity index (χ2v) is 9.27. The van der Waals surface area contributed by atoms with E-state index in [4.69, 9.17) is 13.9 Å². The van der Waals surface area contributed by atoms with Crippen LogP contribution in [0.1, 0.15) is 20.9 Å². The van der Waals surface area contributed by atoms with Crippen molar-refractivity contribution in [2.75, 3.05) is 19.5 Å². The number of amides is 1. The molecule has 0 aliphatic carbocycles. The van der Waals surface area contributed by atoms with Gasteiger partial charge < -0.3 is 13.9 Å². The highest BCUT2D eigenvalue weighted by molar-refractivity contribution is 7.21. The number of ether oxygens (including phenoxy) is 2. The third-order valence-electron chi connectivity index (χ3n) is 5.32. The molecule has 8 nitrogen and oxygen atoms in total. The number of furan rings is 1. The van der Waals surface area contributed by atoms with Gasteiger partial charge in [-0.2, -0.15) is 0 Å². The number of nitrogens with one attached hydrogen (secondary N) is 1. The molecule has 34 heavy (non-hydrogen) atoms. The number of rotatable bonds is 6. The minimum Gasteiger partial charge on any atom is -0.493 e. The number of aromatic nitrogens is 3. The Kier molecular flexibility index (Phi) is 5.76. The van der Waals surface area contributed by atoms with Crippen LogP contribution in [-0.4, -0.2) is 35.1 Å². The van der Waals surface area contributed by atoms with E-state index in [1.165, 1.54) is 22.7 Å². The molecule has 5 aromatic rings. The number of benzene rings is 1. The Labute approximate surface area is 203 Å². The molecule has 5 rings (SSSR count). The topological polar surface area (TPSA) is 99.4 Å². The third-order valence-corrected chi connectivity index (χ3v) is 7.26. The zero-order valence-corrected chi connectivity index (χ0v) is 20.5. The summed E-state index contributed by atoms with van der Waals surface area (Å²) in [6, 6.07) is 9.19. The highest BCUT2D eigenvalue weighted by Gasteiger charge is 2.21. The lowest BCUT2D eigenvalue weighted by Gasteiger charge is -2.08. The van der Waals surface area contributed by atoms with E-state index in [9.17, 15) is 4.79 Å². The van der Waals surface area contributed by atoms with E-state index in [1.54, 1.807) is 26.5 Å². The van der Waals surface area contributed by atoms with Crippen LogP contribution in [0.4, 0.5) is 5.13 Å². The van der Waals surface area contributed by atoms with E-state index in [2.05, 4.69) is 20.3 Å². The first-order valence-electron chi connectivity index (χ1n) is 10.3. The van der Waals surface area contributed by atoms with Crippen LogP contribution in [0.3, 0.4) is 0 Å². The van der Waals surface area contributed by atoms with Crippen LogP contribution in [0, 0.1) is 13.8 Å². The molecule has 0 radical (unpaired) electrons. The second-order valence-electron chi connectivity index (χ2n) is 7.41. The summed E-state index contributed by atoms with van der Waals surface area (Å²) < 4.78 is 16.1. The van der Waals surface area contributed by atoms with E-state index in [1.807, 2.05) is 43.5 Å². The molecule has 1 N–H and O–H groups in total. The van der Waals surface area contributed by atoms with Crippen LogP contribution in [0.2, 0.25) is 0 Å². The SMILES string of the molecule is COc1ccc(-c2csc(NC(=O)c3sc4nc(-c5ccco5)nc(C)c4c3C)n2)cc1OC. The van der Waals surface area contributed by atoms with E-state index >= 15 is 0 Å². The Morgan fingerprint density at radius 2 is 1.88 bits per heavy atom. The normalized spacial score (nSPS) is 11.1. The fraction of sp³-hybridized carbons (Fsp3) is 0.167. The molecular formula is C24H20N4O4S2. The maximum atomic E-state index is 13.1. The van der Waals surface area contributed by atoms with Crippen molar-refractivity contribution < 1.29 is 18.7 Å². The van der Waals surface area contributed by atoms with Crippen molar-refractivity contribution in [3.8, 4) is 34.3 Å². The van der Waals surface area contributed by atoms with Crippen molar-refractivity contribution in [1.82, 2.24) is 15.0 Å². The van der Waals surface area contributed by atoms with Gasteiger partial charge >= 0.3 is 0 Å². The van der Waals surface area contributed by atoms with Gasteiger partial charge in [0.1, 0.15) is 4.83 Å². The molecule has 172 valence electrons. The molecule has 10 heteroatoms. The molecule has 0 saturated heterocycles. The molecule has 4 heterocycles. The van der Waals surface area contributed by atoms with E-state index < -0.39 is 0 Å². The molecule has 0 atom stereocenters. The number of carbonyl (C=O) groups excluding carboxylic acids is 1. The van der Waals surface area contributed by atoms with Gasteiger partial charge in [-0.3, -0.25) is 10.1 Å². The Balaban J connectivity index is 1.42. The predicted molar refractivity (Wildman–Crippen MR) is 133 cm³/mol. The molecule has 0 aliphatic rings. The number of hydrogen-bond acceptors (Lipinski definition) is 9. The summed E-state index contributed by atoms with van der Waals surface area (Å²) in [5.74, 6) is 2.12. The summed E-state index contributed by atoms with van der Waals surface area (Å²) in [5, 5.41) is 6.20. The Morgan fingerprint density at radius 1 is 1.06 bits per heavy atom. The van der Waals surface area contributed by atoms with Crippen molar-refractivity contribution in [3.05, 3.63) is 58.1 Å². The summed E-state index contributed by atoms with van der Waals surface area (Å²) in [5.41, 5.74) is 3.25. The molecule has 0 unspecified atom stereocenters. The molecular weight excluding hydrogens is 472 g/mol. The average Bonchev–Trinajstić information content (AvgIpc) is 3.59. The number of nitrogens with zero attached hydrogens (tertiary/aromatic N) is 3. The molecule has 0 aliphatic heterocycles. The van der Waals surface area contributed by atoms with Crippen molar-refractivity contribution in [3.63, 3.8) is 0 Å². The minimum atomic E-state index is -0.229. The van der Waals surface area contributed by atoms with Crippen molar-refractivity contribution in [1.29, 1.82) is 0 Å². The number of thiazole rings is 1. The maximum absolute atomic E-state index is 13.1. The zero-order valence-electron chi connectivity index (χ0n) is 18.8. The quantitative estimate of drug-likeness (QED) is 0.312. The largest absolute Gasteiger partial charge is 0.493 e. The highest BCUT2D eigenvalue weighted by Crippen LogP contribution is 2.35. The number of fused-ring (bicyclic) bond motifs is 1.